The minimum atomic E-state index is -0.125. The first-order valence-corrected chi connectivity index (χ1v) is 5.05. The number of rotatable bonds is 2. The van der Waals surface area contributed by atoms with E-state index in [0.717, 1.165) is 17.1 Å². The lowest BCUT2D eigenvalue weighted by molar-refractivity contribution is 0.466. The molecule has 0 aliphatic heterocycles. The molecule has 0 spiro atoms. The first-order chi connectivity index (χ1) is 6.27. The quantitative estimate of drug-likeness (QED) is 0.860. The summed E-state index contributed by atoms with van der Waals surface area (Å²) < 4.78 is 5.45. The molecular formula is C10H12ClNOS. The number of hydrogen-bond donors (Lipinski definition) is 1. The molecule has 0 radical (unpaired) electrons. The zero-order chi connectivity index (χ0) is 9.26. The lowest BCUT2D eigenvalue weighted by Gasteiger charge is -2.05. The van der Waals surface area contributed by atoms with Crippen LogP contribution in [0.3, 0.4) is 0 Å². The van der Waals surface area contributed by atoms with Gasteiger partial charge < -0.3 is 10.2 Å². The summed E-state index contributed by atoms with van der Waals surface area (Å²) in [5, 5.41) is 4.06. The molecule has 1 atom stereocenters. The number of nitrogens with two attached hydrogens (primary N) is 1. The molecule has 2 aromatic heterocycles. The largest absolute Gasteiger partial charge is 0.464 e. The molecule has 4 heteroatoms. The monoisotopic (exact) mass is 229 g/mol. The van der Waals surface area contributed by atoms with E-state index in [1.165, 1.54) is 0 Å². The normalized spacial score (nSPS) is 12.1. The maximum absolute atomic E-state index is 5.99. The van der Waals surface area contributed by atoms with Gasteiger partial charge in [0.25, 0.3) is 0 Å². The molecule has 0 aliphatic rings. The van der Waals surface area contributed by atoms with Gasteiger partial charge in [0.15, 0.2) is 0 Å². The van der Waals surface area contributed by atoms with Crippen molar-refractivity contribution in [3.05, 3.63) is 46.0 Å². The molecule has 0 unspecified atom stereocenters. The molecule has 2 nitrogen and oxygen atoms in total. The SMILES string of the molecule is Cc1ccc([C@@H](N)c2ccsc2)o1.Cl. The Hall–Kier alpha value is -0.770. The zero-order valence-corrected chi connectivity index (χ0v) is 9.40. The van der Waals surface area contributed by atoms with Crippen LogP contribution < -0.4 is 5.73 Å². The average Bonchev–Trinajstić information content (AvgIpc) is 2.72. The number of furan rings is 1. The lowest BCUT2D eigenvalue weighted by Crippen LogP contribution is -2.09. The predicted molar refractivity (Wildman–Crippen MR) is 61.0 cm³/mol. The van der Waals surface area contributed by atoms with Crippen LogP contribution in [-0.4, -0.2) is 0 Å². The van der Waals surface area contributed by atoms with E-state index in [2.05, 4.69) is 0 Å². The van der Waals surface area contributed by atoms with Crippen LogP contribution in [0.25, 0.3) is 0 Å². The first-order valence-electron chi connectivity index (χ1n) is 4.11. The molecule has 14 heavy (non-hydrogen) atoms. The van der Waals surface area contributed by atoms with E-state index >= 15 is 0 Å². The maximum atomic E-state index is 5.99. The third kappa shape index (κ3) is 2.18. The van der Waals surface area contributed by atoms with Crippen LogP contribution in [-0.2, 0) is 0 Å². The number of thiophene rings is 1. The predicted octanol–water partition coefficient (Wildman–Crippen LogP) is 3.12. The highest BCUT2D eigenvalue weighted by Gasteiger charge is 2.12. The Balaban J connectivity index is 0.000000980. The van der Waals surface area contributed by atoms with Crippen molar-refractivity contribution in [3.8, 4) is 0 Å². The second-order valence-electron chi connectivity index (χ2n) is 2.98. The molecule has 2 aromatic rings. The topological polar surface area (TPSA) is 39.2 Å². The Morgan fingerprint density at radius 1 is 1.36 bits per heavy atom. The summed E-state index contributed by atoms with van der Waals surface area (Å²) in [6, 6.07) is 5.76. The van der Waals surface area contributed by atoms with Gasteiger partial charge in [0, 0.05) is 0 Å². The highest BCUT2D eigenvalue weighted by Crippen LogP contribution is 2.22. The Labute approximate surface area is 93.1 Å². The molecule has 0 bridgehead atoms. The lowest BCUT2D eigenvalue weighted by atomic mass is 10.1. The Bertz CT molecular complexity index is 382. The van der Waals surface area contributed by atoms with Gasteiger partial charge in [0.1, 0.15) is 11.5 Å². The Morgan fingerprint density at radius 2 is 2.14 bits per heavy atom. The van der Waals surface area contributed by atoms with Gasteiger partial charge in [-0.2, -0.15) is 11.3 Å². The van der Waals surface area contributed by atoms with Gasteiger partial charge in [-0.3, -0.25) is 0 Å². The van der Waals surface area contributed by atoms with Crippen molar-refractivity contribution in [1.29, 1.82) is 0 Å². The van der Waals surface area contributed by atoms with E-state index in [1.54, 1.807) is 11.3 Å². The van der Waals surface area contributed by atoms with Gasteiger partial charge >= 0.3 is 0 Å². The van der Waals surface area contributed by atoms with Crippen LogP contribution in [0.1, 0.15) is 23.1 Å². The Morgan fingerprint density at radius 3 is 2.64 bits per heavy atom. The van der Waals surface area contributed by atoms with E-state index in [0.29, 0.717) is 0 Å². The number of aryl methyl sites for hydroxylation is 1. The average molecular weight is 230 g/mol. The molecule has 2 rings (SSSR count). The third-order valence-corrected chi connectivity index (χ3v) is 2.67. The number of halogens is 1. The van der Waals surface area contributed by atoms with E-state index < -0.39 is 0 Å². The standard InChI is InChI=1S/C10H11NOS.ClH/c1-7-2-3-9(12-7)10(11)8-4-5-13-6-8;/h2-6,10H,11H2,1H3;1H/t10-;/m0./s1. The van der Waals surface area contributed by atoms with Gasteiger partial charge in [-0.25, -0.2) is 0 Å². The van der Waals surface area contributed by atoms with Crippen molar-refractivity contribution >= 4 is 23.7 Å². The fraction of sp³-hybridized carbons (Fsp3) is 0.200. The van der Waals surface area contributed by atoms with E-state index in [-0.39, 0.29) is 18.4 Å². The molecular weight excluding hydrogens is 218 g/mol. The van der Waals surface area contributed by atoms with Crippen molar-refractivity contribution in [2.75, 3.05) is 0 Å². The highest BCUT2D eigenvalue weighted by molar-refractivity contribution is 7.07. The molecule has 0 saturated carbocycles. The molecule has 0 amide bonds. The van der Waals surface area contributed by atoms with Crippen LogP contribution >= 0.6 is 23.7 Å². The molecule has 0 aromatic carbocycles. The third-order valence-electron chi connectivity index (χ3n) is 1.97. The summed E-state index contributed by atoms with van der Waals surface area (Å²) in [5.41, 5.74) is 7.10. The molecule has 76 valence electrons. The van der Waals surface area contributed by atoms with Crippen LogP contribution in [0.4, 0.5) is 0 Å². The molecule has 2 N–H and O–H groups in total. The second kappa shape index (κ2) is 4.64. The molecule has 0 fully saturated rings. The molecule has 2 heterocycles. The summed E-state index contributed by atoms with van der Waals surface area (Å²) in [6.07, 6.45) is 0. The maximum Gasteiger partial charge on any atom is 0.125 e. The van der Waals surface area contributed by atoms with Crippen molar-refractivity contribution in [3.63, 3.8) is 0 Å². The van der Waals surface area contributed by atoms with Gasteiger partial charge in [0.2, 0.25) is 0 Å². The summed E-state index contributed by atoms with van der Waals surface area (Å²) in [6.45, 7) is 1.92. The smallest absolute Gasteiger partial charge is 0.125 e. The van der Waals surface area contributed by atoms with Crippen LogP contribution in [0.2, 0.25) is 0 Å². The minimum Gasteiger partial charge on any atom is -0.464 e. The van der Waals surface area contributed by atoms with Crippen molar-refractivity contribution < 1.29 is 4.42 Å². The van der Waals surface area contributed by atoms with E-state index in [9.17, 15) is 0 Å². The van der Waals surface area contributed by atoms with E-state index in [1.807, 2.05) is 35.9 Å². The van der Waals surface area contributed by atoms with Crippen LogP contribution in [0, 0.1) is 6.92 Å². The summed E-state index contributed by atoms with van der Waals surface area (Å²) in [7, 11) is 0. The molecule has 0 saturated heterocycles. The molecule has 0 aliphatic carbocycles. The van der Waals surface area contributed by atoms with Crippen LogP contribution in [0.5, 0.6) is 0 Å². The summed E-state index contributed by atoms with van der Waals surface area (Å²) in [5.74, 6) is 1.73. The van der Waals surface area contributed by atoms with Crippen molar-refractivity contribution in [2.24, 2.45) is 5.73 Å². The zero-order valence-electron chi connectivity index (χ0n) is 7.77. The summed E-state index contributed by atoms with van der Waals surface area (Å²) >= 11 is 1.65. The first kappa shape index (κ1) is 11.3. The van der Waals surface area contributed by atoms with Gasteiger partial charge in [-0.15, -0.1) is 12.4 Å². The van der Waals surface area contributed by atoms with Crippen LogP contribution in [0.15, 0.2) is 33.4 Å². The highest BCUT2D eigenvalue weighted by atomic mass is 35.5. The summed E-state index contributed by atoms with van der Waals surface area (Å²) in [4.78, 5) is 0. The minimum absolute atomic E-state index is 0. The second-order valence-corrected chi connectivity index (χ2v) is 3.76. The van der Waals surface area contributed by atoms with E-state index in [4.69, 9.17) is 10.2 Å². The Kier molecular flexibility index (Phi) is 3.75. The number of hydrogen-bond acceptors (Lipinski definition) is 3. The fourth-order valence-electron chi connectivity index (χ4n) is 1.24. The van der Waals surface area contributed by atoms with Gasteiger partial charge in [-0.05, 0) is 41.4 Å². The van der Waals surface area contributed by atoms with Crippen molar-refractivity contribution in [1.82, 2.24) is 0 Å². The van der Waals surface area contributed by atoms with Crippen molar-refractivity contribution in [2.45, 2.75) is 13.0 Å². The van der Waals surface area contributed by atoms with Gasteiger partial charge in [0.05, 0.1) is 6.04 Å². The fourth-order valence-corrected chi connectivity index (χ4v) is 1.93. The van der Waals surface area contributed by atoms with Gasteiger partial charge in [-0.1, -0.05) is 0 Å².